The molecular formula is C9H14F2N4OS. The van der Waals surface area contributed by atoms with E-state index in [0.29, 0.717) is 26.2 Å². The predicted molar refractivity (Wildman–Crippen MR) is 62.0 cm³/mol. The van der Waals surface area contributed by atoms with Crippen LogP contribution in [0.4, 0.5) is 8.78 Å². The second-order valence-electron chi connectivity index (χ2n) is 3.26. The molecule has 0 aromatic carbocycles. The molecule has 0 aliphatic heterocycles. The average molecular weight is 264 g/mol. The molecule has 1 rings (SSSR count). The van der Waals surface area contributed by atoms with Gasteiger partial charge in [-0.15, -0.1) is 5.10 Å². The Bertz CT molecular complexity index is 383. The van der Waals surface area contributed by atoms with Gasteiger partial charge in [0.25, 0.3) is 6.43 Å². The molecule has 5 nitrogen and oxygen atoms in total. The van der Waals surface area contributed by atoms with E-state index < -0.39 is 6.43 Å². The molecule has 1 aromatic heterocycles. The van der Waals surface area contributed by atoms with Crippen LogP contribution in [0.1, 0.15) is 31.2 Å². The van der Waals surface area contributed by atoms with Gasteiger partial charge in [-0.1, -0.05) is 17.4 Å². The number of ether oxygens (including phenoxy) is 1. The molecule has 1 aromatic rings. The Labute approximate surface area is 103 Å². The van der Waals surface area contributed by atoms with Crippen LogP contribution < -0.4 is 5.73 Å². The van der Waals surface area contributed by atoms with E-state index in [1.807, 2.05) is 6.92 Å². The van der Waals surface area contributed by atoms with Gasteiger partial charge in [0, 0.05) is 19.8 Å². The van der Waals surface area contributed by atoms with Crippen LogP contribution in [-0.4, -0.2) is 33.2 Å². The molecule has 0 radical (unpaired) electrons. The second-order valence-corrected chi connectivity index (χ2v) is 3.70. The third-order valence-electron chi connectivity index (χ3n) is 2.08. The quantitative estimate of drug-likeness (QED) is 0.593. The largest absolute Gasteiger partial charge is 0.388 e. The van der Waals surface area contributed by atoms with E-state index in [4.69, 9.17) is 10.5 Å². The normalized spacial score (nSPS) is 11.1. The van der Waals surface area contributed by atoms with E-state index >= 15 is 0 Å². The van der Waals surface area contributed by atoms with E-state index in [1.165, 1.54) is 0 Å². The van der Waals surface area contributed by atoms with Gasteiger partial charge in [0.15, 0.2) is 0 Å². The molecule has 0 aliphatic carbocycles. The highest BCUT2D eigenvalue weighted by Crippen LogP contribution is 2.21. The molecule has 0 atom stereocenters. The Kier molecular flexibility index (Phi) is 5.36. The number of aromatic nitrogens is 3. The first-order valence-corrected chi connectivity index (χ1v) is 5.57. The molecule has 0 aliphatic rings. The molecule has 0 fully saturated rings. The number of nitrogens with zero attached hydrogens (tertiary/aromatic N) is 3. The Balaban J connectivity index is 2.74. The van der Waals surface area contributed by atoms with E-state index in [-0.39, 0.29) is 16.4 Å². The van der Waals surface area contributed by atoms with Crippen LogP contribution in [0.5, 0.6) is 0 Å². The minimum absolute atomic E-state index is 0.105. The molecular weight excluding hydrogens is 250 g/mol. The maximum absolute atomic E-state index is 12.8. The topological polar surface area (TPSA) is 66.0 Å². The zero-order valence-electron chi connectivity index (χ0n) is 9.40. The van der Waals surface area contributed by atoms with Crippen LogP contribution in [-0.2, 0) is 11.3 Å². The van der Waals surface area contributed by atoms with Crippen LogP contribution in [0.2, 0.25) is 0 Å². The number of alkyl halides is 2. The number of nitrogens with two attached hydrogens (primary N) is 1. The fourth-order valence-electron chi connectivity index (χ4n) is 1.34. The van der Waals surface area contributed by atoms with Gasteiger partial charge in [-0.25, -0.2) is 13.5 Å². The van der Waals surface area contributed by atoms with E-state index in [0.717, 1.165) is 4.68 Å². The molecule has 0 saturated carbocycles. The molecule has 1 heterocycles. The van der Waals surface area contributed by atoms with E-state index in [9.17, 15) is 8.78 Å². The monoisotopic (exact) mass is 264 g/mol. The molecule has 96 valence electrons. The summed E-state index contributed by atoms with van der Waals surface area (Å²) in [4.78, 5) is -0.170. The predicted octanol–water partition coefficient (Wildman–Crippen LogP) is 1.28. The molecule has 8 heteroatoms. The molecule has 17 heavy (non-hydrogen) atoms. The van der Waals surface area contributed by atoms with Crippen LogP contribution >= 0.6 is 12.2 Å². The van der Waals surface area contributed by atoms with Gasteiger partial charge in [-0.05, 0) is 13.3 Å². The fraction of sp³-hybridized carbons (Fsp3) is 0.667. The maximum Gasteiger partial charge on any atom is 0.282 e. The Morgan fingerprint density at radius 3 is 2.82 bits per heavy atom. The van der Waals surface area contributed by atoms with Crippen molar-refractivity contribution in [3.05, 3.63) is 11.4 Å². The minimum atomic E-state index is -2.70. The van der Waals surface area contributed by atoms with Gasteiger partial charge in [0.05, 0.1) is 0 Å². The summed E-state index contributed by atoms with van der Waals surface area (Å²) >= 11 is 4.64. The van der Waals surface area contributed by atoms with E-state index in [1.54, 1.807) is 0 Å². The van der Waals surface area contributed by atoms with Crippen molar-refractivity contribution in [2.45, 2.75) is 26.3 Å². The molecule has 0 unspecified atom stereocenters. The van der Waals surface area contributed by atoms with Gasteiger partial charge >= 0.3 is 0 Å². The number of hydrogen-bond acceptors (Lipinski definition) is 4. The lowest BCUT2D eigenvalue weighted by atomic mass is 10.3. The van der Waals surface area contributed by atoms with Crippen molar-refractivity contribution in [3.8, 4) is 0 Å². The number of rotatable bonds is 7. The third-order valence-corrected chi connectivity index (χ3v) is 2.27. The average Bonchev–Trinajstić information content (AvgIpc) is 2.68. The van der Waals surface area contributed by atoms with Crippen LogP contribution in [0, 0.1) is 0 Å². The van der Waals surface area contributed by atoms with Gasteiger partial charge in [0.2, 0.25) is 0 Å². The summed E-state index contributed by atoms with van der Waals surface area (Å²) in [6, 6.07) is 0. The van der Waals surface area contributed by atoms with E-state index in [2.05, 4.69) is 22.5 Å². The molecule has 0 bridgehead atoms. The summed E-state index contributed by atoms with van der Waals surface area (Å²) in [6.45, 7) is 3.25. The van der Waals surface area contributed by atoms with Gasteiger partial charge < -0.3 is 10.5 Å². The van der Waals surface area contributed by atoms with Crippen molar-refractivity contribution < 1.29 is 13.5 Å². The first kappa shape index (κ1) is 13.9. The van der Waals surface area contributed by atoms with Crippen molar-refractivity contribution in [1.29, 1.82) is 0 Å². The molecule has 0 spiro atoms. The van der Waals surface area contributed by atoms with Crippen molar-refractivity contribution in [2.24, 2.45) is 5.73 Å². The van der Waals surface area contributed by atoms with Crippen molar-refractivity contribution in [3.63, 3.8) is 0 Å². The minimum Gasteiger partial charge on any atom is -0.388 e. The third kappa shape index (κ3) is 3.67. The van der Waals surface area contributed by atoms with Crippen molar-refractivity contribution in [1.82, 2.24) is 15.0 Å². The lowest BCUT2D eigenvalue weighted by molar-refractivity contribution is 0.128. The lowest BCUT2D eigenvalue weighted by Gasteiger charge is -2.06. The second kappa shape index (κ2) is 6.55. The highest BCUT2D eigenvalue weighted by atomic mass is 32.1. The van der Waals surface area contributed by atoms with Gasteiger partial charge in [0.1, 0.15) is 16.4 Å². The summed E-state index contributed by atoms with van der Waals surface area (Å²) in [5, 5.41) is 7.18. The number of hydrogen-bond donors (Lipinski definition) is 1. The number of aryl methyl sites for hydroxylation is 1. The summed E-state index contributed by atoms with van der Waals surface area (Å²) in [5.74, 6) is 0. The van der Waals surface area contributed by atoms with Gasteiger partial charge in [-0.3, -0.25) is 0 Å². The highest BCUT2D eigenvalue weighted by Gasteiger charge is 2.22. The number of thiocarbonyl (C=S) groups is 1. The van der Waals surface area contributed by atoms with Crippen LogP contribution in [0.15, 0.2) is 0 Å². The summed E-state index contributed by atoms with van der Waals surface area (Å²) in [6.07, 6.45) is -2.12. The molecule has 0 saturated heterocycles. The van der Waals surface area contributed by atoms with Crippen LogP contribution in [0.3, 0.4) is 0 Å². The standard InChI is InChI=1S/C9H14F2N4OS/c1-2-16-5-3-4-15-7(8(10)11)6(9(12)17)13-14-15/h8H,2-5H2,1H3,(H2,12,17). The van der Waals surface area contributed by atoms with Crippen LogP contribution in [0.25, 0.3) is 0 Å². The fourth-order valence-corrected chi connectivity index (χ4v) is 1.48. The summed E-state index contributed by atoms with van der Waals surface area (Å²) in [7, 11) is 0. The maximum atomic E-state index is 12.8. The Morgan fingerprint density at radius 1 is 1.59 bits per heavy atom. The lowest BCUT2D eigenvalue weighted by Crippen LogP contribution is -2.15. The zero-order chi connectivity index (χ0) is 12.8. The molecule has 2 N–H and O–H groups in total. The van der Waals surface area contributed by atoms with Crippen molar-refractivity contribution >= 4 is 17.2 Å². The van der Waals surface area contributed by atoms with Gasteiger partial charge in [-0.2, -0.15) is 0 Å². The first-order chi connectivity index (χ1) is 8.07. The van der Waals surface area contributed by atoms with Crippen molar-refractivity contribution in [2.75, 3.05) is 13.2 Å². The first-order valence-electron chi connectivity index (χ1n) is 5.17. The Hall–Kier alpha value is -1.15. The smallest absolute Gasteiger partial charge is 0.282 e. The summed E-state index contributed by atoms with van der Waals surface area (Å²) in [5.41, 5.74) is 4.87. The molecule has 0 amide bonds. The Morgan fingerprint density at radius 2 is 2.29 bits per heavy atom. The number of halogens is 2. The highest BCUT2D eigenvalue weighted by molar-refractivity contribution is 7.80. The SMILES string of the molecule is CCOCCCn1nnc(C(N)=S)c1C(F)F. The zero-order valence-corrected chi connectivity index (χ0v) is 10.2. The summed E-state index contributed by atoms with van der Waals surface area (Å²) < 4.78 is 31.9.